The number of nitrogens with zero attached hydrogens (tertiary/aromatic N) is 2. The first-order valence-corrected chi connectivity index (χ1v) is 7.74. The molecule has 1 N–H and O–H groups in total. The van der Waals surface area contributed by atoms with Crippen LogP contribution in [-0.2, 0) is 0 Å². The maximum absolute atomic E-state index is 12.4. The third-order valence-corrected chi connectivity index (χ3v) is 3.82. The number of hydrazone groups is 1. The number of nitro benzene ring substituents is 1. The summed E-state index contributed by atoms with van der Waals surface area (Å²) in [6.45, 7) is 0. The quantitative estimate of drug-likeness (QED) is 0.433. The second-order valence-electron chi connectivity index (χ2n) is 5.41. The number of methoxy groups -OCH3 is 1. The maximum Gasteiger partial charge on any atom is 0.278 e. The normalized spacial score (nSPS) is 10.8. The lowest BCUT2D eigenvalue weighted by Crippen LogP contribution is -2.18. The lowest BCUT2D eigenvalue weighted by atomic mass is 10.1. The van der Waals surface area contributed by atoms with Gasteiger partial charge in [-0.25, -0.2) is 5.43 Å². The van der Waals surface area contributed by atoms with Crippen molar-refractivity contribution in [3.8, 4) is 5.75 Å². The lowest BCUT2D eigenvalue weighted by Gasteiger charge is -2.09. The van der Waals surface area contributed by atoms with E-state index in [-0.39, 0.29) is 5.69 Å². The standard InChI is InChI=1S/C19H15N3O4/c1-26-18-11-14-7-3-2-6-13(14)10-16(18)19(23)21-20-12-15-8-4-5-9-17(15)22(24)25/h2-12H,1H3,(H,21,23). The molecular weight excluding hydrogens is 334 g/mol. The fourth-order valence-electron chi connectivity index (χ4n) is 2.55. The van der Waals surface area contributed by atoms with E-state index in [1.54, 1.807) is 30.3 Å². The molecule has 0 radical (unpaired) electrons. The highest BCUT2D eigenvalue weighted by atomic mass is 16.6. The second kappa shape index (κ2) is 7.43. The summed E-state index contributed by atoms with van der Waals surface area (Å²) in [6, 6.07) is 17.2. The number of nitro groups is 1. The van der Waals surface area contributed by atoms with Gasteiger partial charge in [0.05, 0.1) is 29.4 Å². The highest BCUT2D eigenvalue weighted by Gasteiger charge is 2.14. The Hall–Kier alpha value is -3.74. The molecule has 0 aliphatic heterocycles. The summed E-state index contributed by atoms with van der Waals surface area (Å²) < 4.78 is 5.29. The highest BCUT2D eigenvalue weighted by Crippen LogP contribution is 2.25. The minimum atomic E-state index is -0.504. The molecule has 0 saturated heterocycles. The van der Waals surface area contributed by atoms with E-state index in [0.29, 0.717) is 16.9 Å². The van der Waals surface area contributed by atoms with E-state index in [1.165, 1.54) is 19.4 Å². The van der Waals surface area contributed by atoms with Crippen LogP contribution in [0.5, 0.6) is 5.75 Å². The Morgan fingerprint density at radius 1 is 1.12 bits per heavy atom. The lowest BCUT2D eigenvalue weighted by molar-refractivity contribution is -0.385. The first kappa shape index (κ1) is 17.1. The molecule has 130 valence electrons. The van der Waals surface area contributed by atoms with Gasteiger partial charge in [-0.1, -0.05) is 36.4 Å². The van der Waals surface area contributed by atoms with Crippen LogP contribution in [-0.4, -0.2) is 24.2 Å². The van der Waals surface area contributed by atoms with Gasteiger partial charge in [-0.15, -0.1) is 0 Å². The number of fused-ring (bicyclic) bond motifs is 1. The van der Waals surface area contributed by atoms with Gasteiger partial charge in [0.15, 0.2) is 0 Å². The molecule has 3 rings (SSSR count). The number of benzene rings is 3. The summed E-state index contributed by atoms with van der Waals surface area (Å²) in [5, 5.41) is 16.7. The Bertz CT molecular complexity index is 1010. The third-order valence-electron chi connectivity index (χ3n) is 3.82. The summed E-state index contributed by atoms with van der Waals surface area (Å²) in [5.41, 5.74) is 2.91. The van der Waals surface area contributed by atoms with Crippen molar-refractivity contribution in [3.05, 3.63) is 81.9 Å². The minimum absolute atomic E-state index is 0.0891. The van der Waals surface area contributed by atoms with Crippen molar-refractivity contribution in [1.82, 2.24) is 5.43 Å². The predicted molar refractivity (Wildman–Crippen MR) is 98.7 cm³/mol. The van der Waals surface area contributed by atoms with Crippen molar-refractivity contribution >= 4 is 28.6 Å². The minimum Gasteiger partial charge on any atom is -0.496 e. The van der Waals surface area contributed by atoms with Crippen LogP contribution in [0, 0.1) is 10.1 Å². The molecule has 26 heavy (non-hydrogen) atoms. The van der Waals surface area contributed by atoms with Crippen molar-refractivity contribution in [3.63, 3.8) is 0 Å². The topological polar surface area (TPSA) is 93.8 Å². The third kappa shape index (κ3) is 3.51. The van der Waals surface area contributed by atoms with Crippen LogP contribution < -0.4 is 10.2 Å². The number of hydrogen-bond donors (Lipinski definition) is 1. The van der Waals surface area contributed by atoms with Gasteiger partial charge in [-0.3, -0.25) is 14.9 Å². The van der Waals surface area contributed by atoms with Crippen molar-refractivity contribution < 1.29 is 14.5 Å². The van der Waals surface area contributed by atoms with E-state index in [4.69, 9.17) is 4.74 Å². The van der Waals surface area contributed by atoms with Crippen molar-refractivity contribution in [2.24, 2.45) is 5.10 Å². The molecule has 0 fully saturated rings. The van der Waals surface area contributed by atoms with Crippen LogP contribution in [0.3, 0.4) is 0 Å². The van der Waals surface area contributed by atoms with Gasteiger partial charge >= 0.3 is 0 Å². The molecule has 1 amide bonds. The molecule has 7 heteroatoms. The van der Waals surface area contributed by atoms with Crippen LogP contribution >= 0.6 is 0 Å². The monoisotopic (exact) mass is 349 g/mol. The van der Waals surface area contributed by atoms with Gasteiger partial charge in [0, 0.05) is 6.07 Å². The fraction of sp³-hybridized carbons (Fsp3) is 0.0526. The number of hydrogen-bond acceptors (Lipinski definition) is 5. The van der Waals surface area contributed by atoms with Crippen LogP contribution in [0.1, 0.15) is 15.9 Å². The number of amides is 1. The molecular formula is C19H15N3O4. The Balaban J connectivity index is 1.85. The van der Waals surface area contributed by atoms with E-state index in [0.717, 1.165) is 10.8 Å². The SMILES string of the molecule is COc1cc2ccccc2cc1C(=O)NN=Cc1ccccc1[N+](=O)[O-]. The smallest absolute Gasteiger partial charge is 0.278 e. The van der Waals surface area contributed by atoms with Gasteiger partial charge < -0.3 is 4.74 Å². The first-order chi connectivity index (χ1) is 12.6. The Morgan fingerprint density at radius 3 is 2.46 bits per heavy atom. The molecule has 0 unspecified atom stereocenters. The summed E-state index contributed by atoms with van der Waals surface area (Å²) in [7, 11) is 1.48. The van der Waals surface area contributed by atoms with E-state index >= 15 is 0 Å². The van der Waals surface area contributed by atoms with Gasteiger partial charge in [-0.05, 0) is 29.0 Å². The van der Waals surface area contributed by atoms with Crippen molar-refractivity contribution in [1.29, 1.82) is 0 Å². The number of carbonyl (C=O) groups excluding carboxylic acids is 1. The van der Waals surface area contributed by atoms with E-state index in [2.05, 4.69) is 10.5 Å². The zero-order chi connectivity index (χ0) is 18.5. The van der Waals surface area contributed by atoms with Crippen LogP contribution in [0.4, 0.5) is 5.69 Å². The molecule has 0 spiro atoms. The number of rotatable bonds is 5. The zero-order valence-electron chi connectivity index (χ0n) is 13.9. The van der Waals surface area contributed by atoms with Crippen LogP contribution in [0.25, 0.3) is 10.8 Å². The summed E-state index contributed by atoms with van der Waals surface area (Å²) in [5.74, 6) is -0.0514. The molecule has 0 aromatic heterocycles. The van der Waals surface area contributed by atoms with Gasteiger partial charge in [0.2, 0.25) is 0 Å². The molecule has 7 nitrogen and oxygen atoms in total. The highest BCUT2D eigenvalue weighted by molar-refractivity contribution is 6.02. The van der Waals surface area contributed by atoms with E-state index in [1.807, 2.05) is 24.3 Å². The number of para-hydroxylation sites is 1. The van der Waals surface area contributed by atoms with E-state index in [9.17, 15) is 14.9 Å². The Labute approximate surface area is 149 Å². The van der Waals surface area contributed by atoms with Crippen molar-refractivity contribution in [2.45, 2.75) is 0 Å². The first-order valence-electron chi connectivity index (χ1n) is 7.74. The van der Waals surface area contributed by atoms with Crippen LogP contribution in [0.2, 0.25) is 0 Å². The molecule has 0 aliphatic rings. The molecule has 0 saturated carbocycles. The average Bonchev–Trinajstić information content (AvgIpc) is 2.67. The zero-order valence-corrected chi connectivity index (χ0v) is 13.9. The fourth-order valence-corrected chi connectivity index (χ4v) is 2.55. The van der Waals surface area contributed by atoms with E-state index < -0.39 is 10.8 Å². The average molecular weight is 349 g/mol. The van der Waals surface area contributed by atoms with Crippen LogP contribution in [0.15, 0.2) is 65.8 Å². The molecule has 0 heterocycles. The predicted octanol–water partition coefficient (Wildman–Crippen LogP) is 3.52. The Morgan fingerprint density at radius 2 is 1.77 bits per heavy atom. The van der Waals surface area contributed by atoms with Gasteiger partial charge in [0.1, 0.15) is 5.75 Å². The number of carbonyl (C=O) groups is 1. The van der Waals surface area contributed by atoms with Gasteiger partial charge in [-0.2, -0.15) is 5.10 Å². The van der Waals surface area contributed by atoms with Crippen molar-refractivity contribution in [2.75, 3.05) is 7.11 Å². The second-order valence-corrected chi connectivity index (χ2v) is 5.41. The largest absolute Gasteiger partial charge is 0.496 e. The Kier molecular flexibility index (Phi) is 4.89. The maximum atomic E-state index is 12.4. The summed E-state index contributed by atoms with van der Waals surface area (Å²) in [6.07, 6.45) is 1.24. The molecule has 0 aliphatic carbocycles. The summed E-state index contributed by atoms with van der Waals surface area (Å²) in [4.78, 5) is 22.9. The summed E-state index contributed by atoms with van der Waals surface area (Å²) >= 11 is 0. The molecule has 0 atom stereocenters. The molecule has 0 bridgehead atoms. The number of nitrogens with one attached hydrogen (secondary N) is 1. The van der Waals surface area contributed by atoms with Gasteiger partial charge in [0.25, 0.3) is 11.6 Å². The number of ether oxygens (including phenoxy) is 1. The molecule has 3 aromatic carbocycles. The molecule has 3 aromatic rings.